The largest absolute Gasteiger partial charge is 0.507 e. The Labute approximate surface area is 189 Å². The zero-order valence-electron chi connectivity index (χ0n) is 18.1. The summed E-state index contributed by atoms with van der Waals surface area (Å²) in [4.78, 5) is 33.2. The van der Waals surface area contributed by atoms with Crippen LogP contribution in [-0.2, 0) is 9.59 Å². The van der Waals surface area contributed by atoms with Gasteiger partial charge < -0.3 is 14.6 Å². The number of hydrogen-bond acceptors (Lipinski definition) is 7. The lowest BCUT2D eigenvalue weighted by Gasteiger charge is -2.24. The summed E-state index contributed by atoms with van der Waals surface area (Å²) in [5, 5.41) is 11.6. The van der Waals surface area contributed by atoms with Crippen LogP contribution in [0.4, 0.5) is 5.13 Å². The summed E-state index contributed by atoms with van der Waals surface area (Å²) < 4.78 is 10.7. The standard InChI is InChI=1S/C24H22N2O5S/c1-13-14(2)32-24(25-13)26-20(17-7-5-6-8-18(17)31-4)19(22(28)23(26)29)21(27)15-9-11-16(30-3)12-10-15/h5-12,20,27H,1-4H3/b21-19-. The number of thiazole rings is 1. The van der Waals surface area contributed by atoms with Crippen LogP contribution < -0.4 is 14.4 Å². The molecule has 1 amide bonds. The highest BCUT2D eigenvalue weighted by Gasteiger charge is 2.49. The highest BCUT2D eigenvalue weighted by molar-refractivity contribution is 7.16. The molecule has 1 atom stereocenters. The molecular weight excluding hydrogens is 428 g/mol. The Balaban J connectivity index is 1.96. The molecule has 4 rings (SSSR count). The Kier molecular flexibility index (Phi) is 5.71. The summed E-state index contributed by atoms with van der Waals surface area (Å²) in [7, 11) is 3.06. The van der Waals surface area contributed by atoms with Gasteiger partial charge in [-0.2, -0.15) is 0 Å². The van der Waals surface area contributed by atoms with Gasteiger partial charge in [0.05, 0.1) is 25.5 Å². The first-order valence-corrected chi connectivity index (χ1v) is 10.7. The van der Waals surface area contributed by atoms with Crippen molar-refractivity contribution in [1.29, 1.82) is 0 Å². The number of para-hydroxylation sites is 1. The van der Waals surface area contributed by atoms with Crippen molar-refractivity contribution in [1.82, 2.24) is 4.98 Å². The normalized spacial score (nSPS) is 17.6. The van der Waals surface area contributed by atoms with Gasteiger partial charge in [0.25, 0.3) is 5.78 Å². The molecule has 3 aromatic rings. The predicted octanol–water partition coefficient (Wildman–Crippen LogP) is 4.40. The monoisotopic (exact) mass is 450 g/mol. The van der Waals surface area contributed by atoms with Crippen LogP contribution >= 0.6 is 11.3 Å². The number of methoxy groups -OCH3 is 2. The van der Waals surface area contributed by atoms with E-state index in [1.54, 1.807) is 55.6 Å². The van der Waals surface area contributed by atoms with Crippen LogP contribution in [0.3, 0.4) is 0 Å². The van der Waals surface area contributed by atoms with E-state index in [1.807, 2.05) is 13.8 Å². The molecule has 1 aromatic heterocycles. The number of aryl methyl sites for hydroxylation is 2. The summed E-state index contributed by atoms with van der Waals surface area (Å²) >= 11 is 1.32. The quantitative estimate of drug-likeness (QED) is 0.352. The van der Waals surface area contributed by atoms with Crippen molar-refractivity contribution in [3.63, 3.8) is 0 Å². The van der Waals surface area contributed by atoms with Gasteiger partial charge in [0, 0.05) is 16.0 Å². The summed E-state index contributed by atoms with van der Waals surface area (Å²) in [5.74, 6) is -0.689. The molecule has 0 radical (unpaired) electrons. The number of aliphatic hydroxyl groups is 1. The van der Waals surface area contributed by atoms with Crippen LogP contribution in [0.5, 0.6) is 11.5 Å². The number of benzene rings is 2. The van der Waals surface area contributed by atoms with Gasteiger partial charge in [-0.1, -0.05) is 18.2 Å². The smallest absolute Gasteiger partial charge is 0.301 e. The Morgan fingerprint density at radius 1 is 1.03 bits per heavy atom. The second-order valence-corrected chi connectivity index (χ2v) is 8.46. The number of aliphatic hydroxyl groups excluding tert-OH is 1. The van der Waals surface area contributed by atoms with Crippen LogP contribution in [-0.4, -0.2) is 36.0 Å². The van der Waals surface area contributed by atoms with Crippen LogP contribution in [0, 0.1) is 13.8 Å². The van der Waals surface area contributed by atoms with Gasteiger partial charge in [-0.05, 0) is 44.2 Å². The lowest BCUT2D eigenvalue weighted by Crippen LogP contribution is -2.29. The maximum atomic E-state index is 13.2. The average Bonchev–Trinajstić information content (AvgIpc) is 3.28. The number of hydrogen-bond donors (Lipinski definition) is 1. The van der Waals surface area contributed by atoms with Gasteiger partial charge >= 0.3 is 5.91 Å². The molecule has 2 aromatic carbocycles. The van der Waals surface area contributed by atoms with E-state index >= 15 is 0 Å². The van der Waals surface area contributed by atoms with Crippen LogP contribution in [0.1, 0.15) is 27.7 Å². The summed E-state index contributed by atoms with van der Waals surface area (Å²) in [6.45, 7) is 3.75. The summed E-state index contributed by atoms with van der Waals surface area (Å²) in [6, 6.07) is 12.9. The third-order valence-corrected chi connectivity index (χ3v) is 6.54. The van der Waals surface area contributed by atoms with Crippen molar-refractivity contribution in [3.05, 3.63) is 75.8 Å². The third-order valence-electron chi connectivity index (χ3n) is 5.46. The Morgan fingerprint density at radius 2 is 1.72 bits per heavy atom. The maximum absolute atomic E-state index is 13.2. The second-order valence-electron chi connectivity index (χ2n) is 7.28. The molecule has 1 saturated heterocycles. The number of amides is 1. The molecule has 1 fully saturated rings. The molecule has 0 spiro atoms. The molecule has 32 heavy (non-hydrogen) atoms. The average molecular weight is 451 g/mol. The lowest BCUT2D eigenvalue weighted by molar-refractivity contribution is -0.132. The number of ether oxygens (including phenoxy) is 2. The van der Waals surface area contributed by atoms with E-state index in [0.29, 0.717) is 27.8 Å². The van der Waals surface area contributed by atoms with E-state index in [9.17, 15) is 14.7 Å². The molecule has 1 N–H and O–H groups in total. The molecule has 2 heterocycles. The van der Waals surface area contributed by atoms with E-state index in [0.717, 1.165) is 10.6 Å². The number of Topliss-reactive ketones (excluding diaryl/α,β-unsaturated/α-hetero) is 1. The molecule has 164 valence electrons. The fourth-order valence-electron chi connectivity index (χ4n) is 3.68. The van der Waals surface area contributed by atoms with Crippen molar-refractivity contribution >= 4 is 33.9 Å². The lowest BCUT2D eigenvalue weighted by atomic mass is 9.94. The fourth-order valence-corrected chi connectivity index (χ4v) is 4.62. The number of ketones is 1. The predicted molar refractivity (Wildman–Crippen MR) is 122 cm³/mol. The maximum Gasteiger partial charge on any atom is 0.301 e. The minimum Gasteiger partial charge on any atom is -0.507 e. The highest BCUT2D eigenvalue weighted by Crippen LogP contribution is 2.46. The van der Waals surface area contributed by atoms with Crippen molar-refractivity contribution in [3.8, 4) is 11.5 Å². The van der Waals surface area contributed by atoms with Crippen molar-refractivity contribution in [2.75, 3.05) is 19.1 Å². The van der Waals surface area contributed by atoms with Gasteiger partial charge in [0.2, 0.25) is 0 Å². The van der Waals surface area contributed by atoms with Gasteiger partial charge in [0.15, 0.2) is 5.13 Å². The highest BCUT2D eigenvalue weighted by atomic mass is 32.1. The first kappa shape index (κ1) is 21.6. The van der Waals surface area contributed by atoms with Crippen LogP contribution in [0.2, 0.25) is 0 Å². The number of rotatable bonds is 5. The minimum atomic E-state index is -0.891. The van der Waals surface area contributed by atoms with Crippen LogP contribution in [0.25, 0.3) is 5.76 Å². The molecule has 8 heteroatoms. The topological polar surface area (TPSA) is 89.0 Å². The molecular formula is C24H22N2O5S. The number of aromatic nitrogens is 1. The van der Waals surface area contributed by atoms with E-state index < -0.39 is 17.7 Å². The Hall–Kier alpha value is -3.65. The fraction of sp³-hybridized carbons (Fsp3) is 0.208. The molecule has 7 nitrogen and oxygen atoms in total. The van der Waals surface area contributed by atoms with Gasteiger partial charge in [-0.15, -0.1) is 11.3 Å². The Morgan fingerprint density at radius 3 is 2.31 bits per heavy atom. The SMILES string of the molecule is COc1ccc(/C(O)=C2/C(=O)C(=O)N(c3nc(C)c(C)s3)C2c2ccccc2OC)cc1. The van der Waals surface area contributed by atoms with E-state index in [1.165, 1.54) is 23.3 Å². The zero-order chi connectivity index (χ0) is 23.0. The molecule has 1 aliphatic heterocycles. The summed E-state index contributed by atoms with van der Waals surface area (Å²) in [5.41, 5.74) is 1.74. The van der Waals surface area contributed by atoms with Crippen molar-refractivity contribution < 1.29 is 24.2 Å². The van der Waals surface area contributed by atoms with Crippen molar-refractivity contribution in [2.24, 2.45) is 0 Å². The number of nitrogens with zero attached hydrogens (tertiary/aromatic N) is 2. The Bertz CT molecular complexity index is 1210. The number of carbonyl (C=O) groups excluding carboxylic acids is 2. The summed E-state index contributed by atoms with van der Waals surface area (Å²) in [6.07, 6.45) is 0. The van der Waals surface area contributed by atoms with E-state index in [4.69, 9.17) is 9.47 Å². The van der Waals surface area contributed by atoms with E-state index in [-0.39, 0.29) is 11.3 Å². The second kappa shape index (κ2) is 8.47. The van der Waals surface area contributed by atoms with E-state index in [2.05, 4.69) is 4.98 Å². The van der Waals surface area contributed by atoms with Gasteiger partial charge in [-0.3, -0.25) is 14.5 Å². The third kappa shape index (κ3) is 3.52. The molecule has 0 aliphatic carbocycles. The first-order valence-electron chi connectivity index (χ1n) is 9.89. The molecule has 0 bridgehead atoms. The first-order chi connectivity index (χ1) is 15.4. The zero-order valence-corrected chi connectivity index (χ0v) is 18.9. The minimum absolute atomic E-state index is 0.0184. The van der Waals surface area contributed by atoms with Gasteiger partial charge in [0.1, 0.15) is 23.3 Å². The molecule has 1 unspecified atom stereocenters. The number of carbonyl (C=O) groups is 2. The van der Waals surface area contributed by atoms with Gasteiger partial charge in [-0.25, -0.2) is 4.98 Å². The number of anilines is 1. The van der Waals surface area contributed by atoms with Crippen LogP contribution in [0.15, 0.2) is 54.1 Å². The van der Waals surface area contributed by atoms with Crippen molar-refractivity contribution in [2.45, 2.75) is 19.9 Å². The molecule has 1 aliphatic rings. The molecule has 0 saturated carbocycles.